The second-order valence-corrected chi connectivity index (χ2v) is 9.70. The van der Waals surface area contributed by atoms with Crippen molar-refractivity contribution < 1.29 is 27.4 Å². The zero-order valence-corrected chi connectivity index (χ0v) is 17.7. The highest BCUT2D eigenvalue weighted by Crippen LogP contribution is 2.70. The second-order valence-electron chi connectivity index (χ2n) is 9.70. The molecule has 5 atom stereocenters. The lowest BCUT2D eigenvalue weighted by Gasteiger charge is -2.53. The summed E-state index contributed by atoms with van der Waals surface area (Å²) in [5.41, 5.74) is 0.0417. The molecule has 1 aliphatic heterocycles. The molecule has 0 aromatic heterocycles. The lowest BCUT2D eigenvalue weighted by atomic mass is 9.59. The molecule has 3 fully saturated rings. The van der Waals surface area contributed by atoms with Gasteiger partial charge in [0.2, 0.25) is 5.91 Å². The molecule has 166 valence electrons. The number of carbonyl (C=O) groups excluding carboxylic acids is 1. The van der Waals surface area contributed by atoms with Gasteiger partial charge in [-0.25, -0.2) is 0 Å². The average Bonchev–Trinajstić information content (AvgIpc) is 3.18. The van der Waals surface area contributed by atoms with E-state index in [0.29, 0.717) is 25.6 Å². The van der Waals surface area contributed by atoms with Crippen LogP contribution in [0.25, 0.3) is 0 Å². The first-order valence-electron chi connectivity index (χ1n) is 10.7. The molecular formula is C23H30F3NO3. The molecule has 0 unspecified atom stereocenters. The van der Waals surface area contributed by atoms with Crippen LogP contribution in [0.2, 0.25) is 0 Å². The van der Waals surface area contributed by atoms with E-state index in [1.165, 1.54) is 0 Å². The molecule has 4 nitrogen and oxygen atoms in total. The van der Waals surface area contributed by atoms with Gasteiger partial charge in [-0.3, -0.25) is 4.79 Å². The predicted octanol–water partition coefficient (Wildman–Crippen LogP) is 4.74. The van der Waals surface area contributed by atoms with Crippen molar-refractivity contribution in [3.8, 4) is 0 Å². The molecule has 2 aliphatic carbocycles. The highest BCUT2D eigenvalue weighted by atomic mass is 19.4. The third kappa shape index (κ3) is 3.44. The van der Waals surface area contributed by atoms with Crippen LogP contribution in [0.5, 0.6) is 0 Å². The predicted molar refractivity (Wildman–Crippen MR) is 106 cm³/mol. The number of alkyl halides is 3. The summed E-state index contributed by atoms with van der Waals surface area (Å²) in [6.07, 6.45) is -1.39. The van der Waals surface area contributed by atoms with Gasteiger partial charge in [0.05, 0.1) is 18.3 Å². The number of carbonyl (C=O) groups is 1. The van der Waals surface area contributed by atoms with Crippen LogP contribution in [-0.2, 0) is 20.4 Å². The third-order valence-corrected chi connectivity index (χ3v) is 7.91. The normalized spacial score (nSPS) is 34.6. The first kappa shape index (κ1) is 21.6. The van der Waals surface area contributed by atoms with Crippen LogP contribution >= 0.6 is 0 Å². The summed E-state index contributed by atoms with van der Waals surface area (Å²) in [5, 5.41) is 3.30. The Hall–Kier alpha value is -1.60. The first-order valence-corrected chi connectivity index (χ1v) is 10.7. The monoisotopic (exact) mass is 425 g/mol. The zero-order valence-electron chi connectivity index (χ0n) is 17.7. The minimum atomic E-state index is -4.35. The standard InChI is InChI=1S/C23H30F3NO3/c1-21(2)16-12-17-19(14-4-6-15(7-5-14)23(24,25)26)30-11-9-22(17,13-16)20(21)27-18(28)8-10-29-3/h4-7,16-17,19-20H,8-13H2,1-3H3,(H,27,28)/t16-,17-,19-,20-,22-/m1/s1. The number of hydrogen-bond donors (Lipinski definition) is 1. The first-order chi connectivity index (χ1) is 14.1. The smallest absolute Gasteiger partial charge is 0.384 e. The van der Waals surface area contributed by atoms with Gasteiger partial charge in [-0.15, -0.1) is 0 Å². The summed E-state index contributed by atoms with van der Waals surface area (Å²) in [6, 6.07) is 5.41. The largest absolute Gasteiger partial charge is 0.416 e. The number of methoxy groups -OCH3 is 1. The number of benzene rings is 1. The summed E-state index contributed by atoms with van der Waals surface area (Å²) >= 11 is 0. The highest BCUT2D eigenvalue weighted by molar-refractivity contribution is 5.76. The Labute approximate surface area is 175 Å². The molecular weight excluding hydrogens is 395 g/mol. The Balaban J connectivity index is 1.60. The van der Waals surface area contributed by atoms with Crippen LogP contribution in [0, 0.1) is 22.7 Å². The maximum absolute atomic E-state index is 13.0. The lowest BCUT2D eigenvalue weighted by Crippen LogP contribution is -2.59. The zero-order chi connectivity index (χ0) is 21.7. The highest BCUT2D eigenvalue weighted by Gasteiger charge is 2.68. The number of hydrogen-bond acceptors (Lipinski definition) is 3. The van der Waals surface area contributed by atoms with Crippen molar-refractivity contribution in [3.63, 3.8) is 0 Å². The number of amides is 1. The van der Waals surface area contributed by atoms with Crippen LogP contribution in [0.3, 0.4) is 0 Å². The topological polar surface area (TPSA) is 47.6 Å². The van der Waals surface area contributed by atoms with Gasteiger partial charge in [0.1, 0.15) is 0 Å². The molecule has 1 amide bonds. The maximum atomic E-state index is 13.0. The summed E-state index contributed by atoms with van der Waals surface area (Å²) in [4.78, 5) is 12.5. The van der Waals surface area contributed by atoms with Gasteiger partial charge in [0.25, 0.3) is 0 Å². The summed E-state index contributed by atoms with van der Waals surface area (Å²) < 4.78 is 50.1. The van der Waals surface area contributed by atoms with Gasteiger partial charge in [-0.1, -0.05) is 26.0 Å². The molecule has 30 heavy (non-hydrogen) atoms. The van der Waals surface area contributed by atoms with Crippen molar-refractivity contribution in [1.82, 2.24) is 5.32 Å². The molecule has 3 aliphatic rings. The van der Waals surface area contributed by atoms with E-state index in [-0.39, 0.29) is 34.8 Å². The van der Waals surface area contributed by atoms with Crippen molar-refractivity contribution >= 4 is 5.91 Å². The van der Waals surface area contributed by atoms with Gasteiger partial charge in [0.15, 0.2) is 0 Å². The van der Waals surface area contributed by atoms with E-state index in [0.717, 1.165) is 37.0 Å². The number of ether oxygens (including phenoxy) is 2. The van der Waals surface area contributed by atoms with Crippen molar-refractivity contribution in [2.45, 2.75) is 57.9 Å². The molecule has 1 spiro atoms. The fraction of sp³-hybridized carbons (Fsp3) is 0.696. The quantitative estimate of drug-likeness (QED) is 0.741. The molecule has 4 rings (SSSR count). The molecule has 0 radical (unpaired) electrons. The van der Waals surface area contributed by atoms with E-state index in [4.69, 9.17) is 9.47 Å². The van der Waals surface area contributed by atoms with Gasteiger partial charge in [0, 0.05) is 26.2 Å². The van der Waals surface area contributed by atoms with Crippen LogP contribution in [0.4, 0.5) is 13.2 Å². The van der Waals surface area contributed by atoms with Crippen LogP contribution in [0.1, 0.15) is 56.8 Å². The Morgan fingerprint density at radius 1 is 1.27 bits per heavy atom. The summed E-state index contributed by atoms with van der Waals surface area (Å²) in [5.74, 6) is 0.635. The molecule has 1 N–H and O–H groups in total. The van der Waals surface area contributed by atoms with Crippen molar-refractivity contribution in [1.29, 1.82) is 0 Å². The Kier molecular flexibility index (Phi) is 5.42. The summed E-state index contributed by atoms with van der Waals surface area (Å²) in [7, 11) is 1.58. The fourth-order valence-electron chi connectivity index (χ4n) is 6.41. The average molecular weight is 425 g/mol. The molecule has 1 heterocycles. The van der Waals surface area contributed by atoms with Crippen molar-refractivity contribution in [3.05, 3.63) is 35.4 Å². The lowest BCUT2D eigenvalue weighted by molar-refractivity contribution is -0.138. The SMILES string of the molecule is COCCC(=O)N[C@@H]1C(C)(C)[C@@H]2C[C@@H]3[C@@H](c4ccc(C(F)(F)F)cc4)OCC[C@@]31C2. The van der Waals surface area contributed by atoms with Crippen molar-refractivity contribution in [2.75, 3.05) is 20.3 Å². The van der Waals surface area contributed by atoms with E-state index in [2.05, 4.69) is 19.2 Å². The van der Waals surface area contributed by atoms with Gasteiger partial charge in [-0.05, 0) is 59.6 Å². The minimum Gasteiger partial charge on any atom is -0.384 e. The molecule has 1 saturated heterocycles. The fourth-order valence-corrected chi connectivity index (χ4v) is 6.41. The Morgan fingerprint density at radius 3 is 2.60 bits per heavy atom. The second kappa shape index (κ2) is 7.52. The van der Waals surface area contributed by atoms with Crippen LogP contribution in [0.15, 0.2) is 24.3 Å². The Bertz CT molecular complexity index is 792. The molecule has 1 aromatic carbocycles. The van der Waals surface area contributed by atoms with Gasteiger partial charge < -0.3 is 14.8 Å². The number of fused-ring (bicyclic) bond motifs is 1. The van der Waals surface area contributed by atoms with Crippen LogP contribution in [-0.4, -0.2) is 32.3 Å². The number of nitrogens with one attached hydrogen (secondary N) is 1. The van der Waals surface area contributed by atoms with E-state index in [9.17, 15) is 18.0 Å². The summed E-state index contributed by atoms with van der Waals surface area (Å²) in [6.45, 7) is 5.39. The molecule has 7 heteroatoms. The van der Waals surface area contributed by atoms with E-state index in [1.54, 1.807) is 19.2 Å². The van der Waals surface area contributed by atoms with Gasteiger partial charge >= 0.3 is 6.18 Å². The Morgan fingerprint density at radius 2 is 1.97 bits per heavy atom. The van der Waals surface area contributed by atoms with E-state index in [1.807, 2.05) is 0 Å². The number of rotatable bonds is 5. The van der Waals surface area contributed by atoms with E-state index < -0.39 is 11.7 Å². The third-order valence-electron chi connectivity index (χ3n) is 7.91. The number of halogens is 3. The molecule has 2 saturated carbocycles. The van der Waals surface area contributed by atoms with E-state index >= 15 is 0 Å². The van der Waals surface area contributed by atoms with Crippen LogP contribution < -0.4 is 5.32 Å². The maximum Gasteiger partial charge on any atom is 0.416 e. The van der Waals surface area contributed by atoms with Crippen molar-refractivity contribution in [2.24, 2.45) is 22.7 Å². The molecule has 2 bridgehead atoms. The molecule has 1 aromatic rings. The van der Waals surface area contributed by atoms with Gasteiger partial charge in [-0.2, -0.15) is 13.2 Å². The minimum absolute atomic E-state index is 0.00632.